The van der Waals surface area contributed by atoms with Crippen molar-refractivity contribution in [3.05, 3.63) is 17.9 Å². The molecule has 0 aromatic rings. The third-order valence-electron chi connectivity index (χ3n) is 3.57. The van der Waals surface area contributed by atoms with Crippen LogP contribution < -0.4 is 0 Å². The Balaban J connectivity index is 2.76. The van der Waals surface area contributed by atoms with E-state index in [0.717, 1.165) is 18.9 Å². The fourth-order valence-corrected chi connectivity index (χ4v) is 4.25. The van der Waals surface area contributed by atoms with Gasteiger partial charge in [-0.15, -0.1) is 5.73 Å². The minimum absolute atomic E-state index is 0.0794. The lowest BCUT2D eigenvalue weighted by Crippen LogP contribution is -2.42. The first-order valence-electron chi connectivity index (χ1n) is 7.15. The van der Waals surface area contributed by atoms with E-state index in [4.69, 9.17) is 0 Å². The van der Waals surface area contributed by atoms with Gasteiger partial charge in [0.15, 0.2) is 0 Å². The van der Waals surface area contributed by atoms with Crippen LogP contribution in [0.2, 0.25) is 25.7 Å². The third kappa shape index (κ3) is 4.64. The van der Waals surface area contributed by atoms with Crippen molar-refractivity contribution in [3.8, 4) is 0 Å². The van der Waals surface area contributed by atoms with Crippen molar-refractivity contribution in [1.82, 2.24) is 4.90 Å². The Morgan fingerprint density at radius 2 is 2.21 bits per heavy atom. The minimum atomic E-state index is -1.20. The zero-order valence-corrected chi connectivity index (χ0v) is 13.7. The second-order valence-electron chi connectivity index (χ2n) is 6.60. The zero-order valence-electron chi connectivity index (χ0n) is 12.7. The van der Waals surface area contributed by atoms with Crippen molar-refractivity contribution in [2.45, 2.75) is 70.6 Å². The molecule has 0 aromatic carbocycles. The molecule has 108 valence electrons. The third-order valence-corrected chi connectivity index (χ3v) is 5.05. The molecule has 2 unspecified atom stereocenters. The van der Waals surface area contributed by atoms with Gasteiger partial charge in [0, 0.05) is 27.0 Å². The summed E-state index contributed by atoms with van der Waals surface area (Å²) in [5, 5.41) is 9.95. The molecule has 0 saturated carbocycles. The van der Waals surface area contributed by atoms with Gasteiger partial charge in [-0.2, -0.15) is 0 Å². The molecule has 1 amide bonds. The predicted molar refractivity (Wildman–Crippen MR) is 81.6 cm³/mol. The molecule has 1 fully saturated rings. The van der Waals surface area contributed by atoms with Crippen molar-refractivity contribution in [2.75, 3.05) is 0 Å². The second kappa shape index (κ2) is 6.55. The van der Waals surface area contributed by atoms with Gasteiger partial charge >= 0.3 is 0 Å². The molecule has 3 nitrogen and oxygen atoms in total. The molecule has 1 aliphatic rings. The minimum Gasteiger partial charge on any atom is -0.374 e. The highest BCUT2D eigenvalue weighted by atomic mass is 28.3. The van der Waals surface area contributed by atoms with Gasteiger partial charge in [-0.05, 0) is 24.5 Å². The highest BCUT2D eigenvalue weighted by Gasteiger charge is 2.34. The van der Waals surface area contributed by atoms with Gasteiger partial charge in [-0.25, -0.2) is 0 Å². The number of hydrogen-bond acceptors (Lipinski definition) is 2. The lowest BCUT2D eigenvalue weighted by atomic mass is 10.0. The van der Waals surface area contributed by atoms with E-state index < -0.39 is 14.3 Å². The van der Waals surface area contributed by atoms with E-state index in [2.05, 4.69) is 38.9 Å². The molecule has 1 heterocycles. The number of aliphatic hydroxyl groups excluding tert-OH is 1. The summed E-state index contributed by atoms with van der Waals surface area (Å²) in [6.45, 7) is 12.8. The van der Waals surface area contributed by atoms with Crippen LogP contribution in [0.3, 0.4) is 0 Å². The summed E-state index contributed by atoms with van der Waals surface area (Å²) < 4.78 is 0. The van der Waals surface area contributed by atoms with Crippen LogP contribution in [0.1, 0.15) is 32.6 Å². The Hall–Kier alpha value is -0.833. The average Bonchev–Trinajstić information content (AvgIpc) is 2.63. The number of hydrogen-bond donors (Lipinski definition) is 1. The summed E-state index contributed by atoms with van der Waals surface area (Å²) in [4.78, 5) is 13.5. The largest absolute Gasteiger partial charge is 0.374 e. The average molecular weight is 281 g/mol. The molecule has 19 heavy (non-hydrogen) atoms. The van der Waals surface area contributed by atoms with Gasteiger partial charge in [-0.3, -0.25) is 4.79 Å². The number of amides is 1. The zero-order chi connectivity index (χ0) is 14.6. The Morgan fingerprint density at radius 3 is 2.58 bits per heavy atom. The Labute approximate surface area is 118 Å². The van der Waals surface area contributed by atoms with Crippen LogP contribution in [0.25, 0.3) is 0 Å². The molecule has 1 N–H and O–H groups in total. The van der Waals surface area contributed by atoms with Crippen LogP contribution in [0.5, 0.6) is 0 Å². The number of rotatable bonds is 6. The summed E-state index contributed by atoms with van der Waals surface area (Å²) in [7, 11) is -1.20. The van der Waals surface area contributed by atoms with Crippen LogP contribution >= 0.6 is 0 Å². The Morgan fingerprint density at radius 1 is 1.58 bits per heavy atom. The van der Waals surface area contributed by atoms with Gasteiger partial charge in [0.25, 0.3) is 0 Å². The van der Waals surface area contributed by atoms with Crippen molar-refractivity contribution in [1.29, 1.82) is 0 Å². The molecule has 2 atom stereocenters. The lowest BCUT2D eigenvalue weighted by molar-refractivity contribution is -0.136. The van der Waals surface area contributed by atoms with E-state index in [1.807, 2.05) is 0 Å². The van der Waals surface area contributed by atoms with Crippen LogP contribution in [-0.4, -0.2) is 36.3 Å². The fraction of sp³-hybridized carbons (Fsp3) is 0.733. The van der Waals surface area contributed by atoms with Crippen molar-refractivity contribution < 1.29 is 9.90 Å². The van der Waals surface area contributed by atoms with Gasteiger partial charge in [0.1, 0.15) is 6.23 Å². The molecule has 1 aliphatic heterocycles. The van der Waals surface area contributed by atoms with Crippen molar-refractivity contribution in [2.24, 2.45) is 0 Å². The first-order chi connectivity index (χ1) is 8.78. The smallest absolute Gasteiger partial charge is 0.225 e. The van der Waals surface area contributed by atoms with Crippen LogP contribution in [-0.2, 0) is 4.79 Å². The highest BCUT2D eigenvalue weighted by Crippen LogP contribution is 2.27. The van der Waals surface area contributed by atoms with E-state index in [0.29, 0.717) is 12.8 Å². The first-order valence-corrected chi connectivity index (χ1v) is 10.9. The number of aliphatic hydroxyl groups is 1. The van der Waals surface area contributed by atoms with E-state index in [-0.39, 0.29) is 11.9 Å². The molecule has 0 spiro atoms. The summed E-state index contributed by atoms with van der Waals surface area (Å²) in [6.07, 6.45) is 2.10. The maximum Gasteiger partial charge on any atom is 0.225 e. The maximum absolute atomic E-state index is 11.9. The van der Waals surface area contributed by atoms with Gasteiger partial charge in [0.05, 0.1) is 0 Å². The second-order valence-corrected chi connectivity index (χ2v) is 12.1. The maximum atomic E-state index is 11.9. The molecule has 0 aliphatic carbocycles. The Kier molecular flexibility index (Phi) is 5.59. The topological polar surface area (TPSA) is 40.5 Å². The summed E-state index contributed by atoms with van der Waals surface area (Å²) >= 11 is 0. The van der Waals surface area contributed by atoms with Gasteiger partial charge in [-0.1, -0.05) is 33.1 Å². The van der Waals surface area contributed by atoms with Crippen LogP contribution in [0, 0.1) is 0 Å². The standard InChI is InChI=1S/C15H27NO2Si/c1-6-12(11-19(3,4)5)10-13(7-2)16-14(17)8-9-15(16)18/h13-14,17H,1,7-11H2,2-5H3. The van der Waals surface area contributed by atoms with Gasteiger partial charge in [0.2, 0.25) is 5.91 Å². The summed E-state index contributed by atoms with van der Waals surface area (Å²) in [5.74, 6) is 0.0794. The molecule has 0 aromatic heterocycles. The number of carbonyl (C=O) groups excluding carboxylic acids is 1. The number of likely N-dealkylation sites (tertiary alicyclic amines) is 1. The van der Waals surface area contributed by atoms with Crippen LogP contribution in [0.4, 0.5) is 0 Å². The molecule has 0 radical (unpaired) electrons. The number of nitrogens with zero attached hydrogens (tertiary/aromatic N) is 1. The molecule has 1 rings (SSSR count). The molecular weight excluding hydrogens is 254 g/mol. The molecule has 0 bridgehead atoms. The quantitative estimate of drug-likeness (QED) is 0.600. The molecule has 1 saturated heterocycles. The SMILES string of the molecule is C=C=C(CC(CC)N1C(=O)CCC1O)C[Si](C)(C)C. The van der Waals surface area contributed by atoms with E-state index >= 15 is 0 Å². The van der Waals surface area contributed by atoms with E-state index in [9.17, 15) is 9.90 Å². The van der Waals surface area contributed by atoms with E-state index in [1.54, 1.807) is 4.90 Å². The monoisotopic (exact) mass is 281 g/mol. The van der Waals surface area contributed by atoms with Crippen molar-refractivity contribution in [3.63, 3.8) is 0 Å². The molecule has 4 heteroatoms. The normalized spacial score (nSPS) is 21.4. The predicted octanol–water partition coefficient (Wildman–Crippen LogP) is 3.15. The summed E-state index contributed by atoms with van der Waals surface area (Å²) in [6, 6.07) is 1.15. The lowest BCUT2D eigenvalue weighted by Gasteiger charge is -2.31. The number of carbonyl (C=O) groups is 1. The van der Waals surface area contributed by atoms with Gasteiger partial charge < -0.3 is 10.0 Å². The van der Waals surface area contributed by atoms with Crippen LogP contribution in [0.15, 0.2) is 17.9 Å². The van der Waals surface area contributed by atoms with Crippen molar-refractivity contribution >= 4 is 14.0 Å². The molecular formula is C15H27NO2Si. The highest BCUT2D eigenvalue weighted by molar-refractivity contribution is 6.76. The first kappa shape index (κ1) is 16.2. The summed E-state index contributed by atoms with van der Waals surface area (Å²) in [5.41, 5.74) is 4.26. The fourth-order valence-electron chi connectivity index (χ4n) is 2.70. The Bertz CT molecular complexity index is 380. The van der Waals surface area contributed by atoms with E-state index in [1.165, 1.54) is 5.57 Å².